The number of sulfonamides is 1. The quantitative estimate of drug-likeness (QED) is 0.742. The Balaban J connectivity index is 2.40. The van der Waals surface area contributed by atoms with E-state index in [9.17, 15) is 8.42 Å². The number of H-pyrrole nitrogens is 1. The van der Waals surface area contributed by atoms with Crippen LogP contribution in [0.2, 0.25) is 5.02 Å². The summed E-state index contributed by atoms with van der Waals surface area (Å²) in [5, 5.41) is 6.29. The zero-order chi connectivity index (χ0) is 14.0. The van der Waals surface area contributed by atoms with Gasteiger partial charge in [-0.2, -0.15) is 5.10 Å². The van der Waals surface area contributed by atoms with E-state index in [4.69, 9.17) is 29.6 Å². The van der Waals surface area contributed by atoms with Gasteiger partial charge < -0.3 is 5.73 Å². The van der Waals surface area contributed by atoms with Gasteiger partial charge in [-0.15, -0.1) is 0 Å². The molecule has 2 aromatic rings. The second-order valence-electron chi connectivity index (χ2n) is 3.56. The molecular weight excluding hydrogens is 308 g/mol. The minimum absolute atomic E-state index is 0.0330. The maximum atomic E-state index is 12.2. The van der Waals surface area contributed by atoms with Crippen LogP contribution in [0, 0.1) is 0 Å². The zero-order valence-corrected chi connectivity index (χ0v) is 11.8. The summed E-state index contributed by atoms with van der Waals surface area (Å²) in [6, 6.07) is 6.08. The maximum absolute atomic E-state index is 12.2. The van der Waals surface area contributed by atoms with E-state index in [2.05, 4.69) is 14.9 Å². The number of anilines is 1. The predicted molar refractivity (Wildman–Crippen MR) is 76.7 cm³/mol. The van der Waals surface area contributed by atoms with Crippen LogP contribution in [0.25, 0.3) is 0 Å². The summed E-state index contributed by atoms with van der Waals surface area (Å²) in [5.41, 5.74) is 5.77. The Morgan fingerprint density at radius 1 is 1.42 bits per heavy atom. The summed E-state index contributed by atoms with van der Waals surface area (Å²) in [4.78, 5) is -0.00855. The van der Waals surface area contributed by atoms with Crippen molar-refractivity contribution in [1.29, 1.82) is 0 Å². The predicted octanol–water partition coefficient (Wildman–Crippen LogP) is 1.50. The molecule has 19 heavy (non-hydrogen) atoms. The van der Waals surface area contributed by atoms with Crippen molar-refractivity contribution in [2.45, 2.75) is 4.90 Å². The standard InChI is InChI=1S/C10H9ClN4O2S2/c11-7-3-1-2-4-8(7)19(16,17)15-10-6(9(12)18)5-13-14-10/h1-5H,(H2,12,18)(H2,13,14,15). The van der Waals surface area contributed by atoms with E-state index in [0.717, 1.165) is 0 Å². The SMILES string of the molecule is NC(=S)c1cn[nH]c1NS(=O)(=O)c1ccccc1Cl. The Labute approximate surface area is 120 Å². The van der Waals surface area contributed by atoms with Gasteiger partial charge in [0.05, 0.1) is 16.8 Å². The molecular formula is C10H9ClN4O2S2. The van der Waals surface area contributed by atoms with Crippen LogP contribution in [-0.4, -0.2) is 23.6 Å². The number of halogens is 1. The van der Waals surface area contributed by atoms with Gasteiger partial charge in [0.1, 0.15) is 15.7 Å². The summed E-state index contributed by atoms with van der Waals surface area (Å²) >= 11 is 10.6. The zero-order valence-electron chi connectivity index (χ0n) is 9.42. The Bertz CT molecular complexity index is 727. The molecule has 0 aliphatic rings. The molecule has 2 rings (SSSR count). The molecule has 0 saturated carbocycles. The molecule has 1 heterocycles. The lowest BCUT2D eigenvalue weighted by Gasteiger charge is -2.08. The minimum atomic E-state index is -3.84. The van der Waals surface area contributed by atoms with Crippen molar-refractivity contribution in [3.8, 4) is 0 Å². The molecule has 0 amide bonds. The third kappa shape index (κ3) is 2.86. The minimum Gasteiger partial charge on any atom is -0.389 e. The van der Waals surface area contributed by atoms with Gasteiger partial charge in [-0.05, 0) is 12.1 Å². The van der Waals surface area contributed by atoms with E-state index in [-0.39, 0.29) is 20.7 Å². The van der Waals surface area contributed by atoms with Crippen molar-refractivity contribution in [2.75, 3.05) is 4.72 Å². The highest BCUT2D eigenvalue weighted by Gasteiger charge is 2.20. The summed E-state index contributed by atoms with van der Waals surface area (Å²) in [7, 11) is -3.84. The van der Waals surface area contributed by atoms with Crippen LogP contribution < -0.4 is 10.5 Å². The fraction of sp³-hybridized carbons (Fsp3) is 0. The topological polar surface area (TPSA) is 101 Å². The van der Waals surface area contributed by atoms with Crippen molar-refractivity contribution in [1.82, 2.24) is 10.2 Å². The first-order valence-corrected chi connectivity index (χ1v) is 7.29. The highest BCUT2D eigenvalue weighted by Crippen LogP contribution is 2.23. The number of nitrogens with two attached hydrogens (primary N) is 1. The Hall–Kier alpha value is -1.64. The molecule has 1 aromatic carbocycles. The van der Waals surface area contributed by atoms with Gasteiger partial charge in [-0.3, -0.25) is 9.82 Å². The van der Waals surface area contributed by atoms with Crippen LogP contribution in [-0.2, 0) is 10.0 Å². The molecule has 0 atom stereocenters. The molecule has 0 aliphatic heterocycles. The lowest BCUT2D eigenvalue weighted by atomic mass is 10.3. The number of thiocarbonyl (C=S) groups is 1. The van der Waals surface area contributed by atoms with Crippen LogP contribution in [0.4, 0.5) is 5.82 Å². The summed E-state index contributed by atoms with van der Waals surface area (Å²) in [6.45, 7) is 0. The summed E-state index contributed by atoms with van der Waals surface area (Å²) in [5.74, 6) is 0.104. The van der Waals surface area contributed by atoms with Gasteiger partial charge in [-0.25, -0.2) is 8.42 Å². The molecule has 0 aliphatic carbocycles. The van der Waals surface area contributed by atoms with Gasteiger partial charge in [0.25, 0.3) is 10.0 Å². The average Bonchev–Trinajstić information content (AvgIpc) is 2.76. The normalized spacial score (nSPS) is 11.2. The lowest BCUT2D eigenvalue weighted by Crippen LogP contribution is -2.17. The van der Waals surface area contributed by atoms with Crippen LogP contribution in [0.3, 0.4) is 0 Å². The second kappa shape index (κ2) is 5.16. The number of nitrogens with one attached hydrogen (secondary N) is 2. The molecule has 4 N–H and O–H groups in total. The molecule has 0 spiro atoms. The largest absolute Gasteiger partial charge is 0.389 e. The van der Waals surface area contributed by atoms with Gasteiger partial charge in [0, 0.05) is 0 Å². The fourth-order valence-electron chi connectivity index (χ4n) is 1.40. The molecule has 6 nitrogen and oxygen atoms in total. The van der Waals surface area contributed by atoms with Crippen LogP contribution >= 0.6 is 23.8 Å². The molecule has 9 heteroatoms. The number of hydrogen-bond acceptors (Lipinski definition) is 4. The molecule has 0 bridgehead atoms. The van der Waals surface area contributed by atoms with Gasteiger partial charge >= 0.3 is 0 Å². The van der Waals surface area contributed by atoms with E-state index in [1.54, 1.807) is 12.1 Å². The van der Waals surface area contributed by atoms with Crippen molar-refractivity contribution in [2.24, 2.45) is 5.73 Å². The number of hydrogen-bond donors (Lipinski definition) is 3. The van der Waals surface area contributed by atoms with E-state index in [1.165, 1.54) is 18.3 Å². The first kappa shape index (κ1) is 13.8. The van der Waals surface area contributed by atoms with Crippen molar-refractivity contribution >= 4 is 44.6 Å². The van der Waals surface area contributed by atoms with Crippen molar-refractivity contribution in [3.63, 3.8) is 0 Å². The van der Waals surface area contributed by atoms with E-state index in [0.29, 0.717) is 5.56 Å². The monoisotopic (exact) mass is 316 g/mol. The van der Waals surface area contributed by atoms with E-state index >= 15 is 0 Å². The Morgan fingerprint density at radius 2 is 2.11 bits per heavy atom. The van der Waals surface area contributed by atoms with Crippen LogP contribution in [0.1, 0.15) is 5.56 Å². The van der Waals surface area contributed by atoms with Gasteiger partial charge in [-0.1, -0.05) is 36.0 Å². The molecule has 0 unspecified atom stereocenters. The fourth-order valence-corrected chi connectivity index (χ4v) is 3.11. The number of benzene rings is 1. The van der Waals surface area contributed by atoms with Gasteiger partial charge in [0.15, 0.2) is 0 Å². The van der Waals surface area contributed by atoms with E-state index < -0.39 is 10.0 Å². The summed E-state index contributed by atoms with van der Waals surface area (Å²) < 4.78 is 26.6. The lowest BCUT2D eigenvalue weighted by molar-refractivity contribution is 0.601. The Morgan fingerprint density at radius 3 is 2.74 bits per heavy atom. The third-order valence-electron chi connectivity index (χ3n) is 2.27. The van der Waals surface area contributed by atoms with Crippen molar-refractivity contribution < 1.29 is 8.42 Å². The highest BCUT2D eigenvalue weighted by molar-refractivity contribution is 7.92. The maximum Gasteiger partial charge on any atom is 0.264 e. The highest BCUT2D eigenvalue weighted by atomic mass is 35.5. The number of aromatic amines is 1. The number of nitrogens with zero attached hydrogens (tertiary/aromatic N) is 1. The Kier molecular flexibility index (Phi) is 3.74. The van der Waals surface area contributed by atoms with Crippen LogP contribution in [0.5, 0.6) is 0 Å². The number of aromatic nitrogens is 2. The van der Waals surface area contributed by atoms with E-state index in [1.807, 2.05) is 0 Å². The molecule has 1 aromatic heterocycles. The second-order valence-corrected chi connectivity index (χ2v) is 6.06. The van der Waals surface area contributed by atoms with Gasteiger partial charge in [0.2, 0.25) is 0 Å². The van der Waals surface area contributed by atoms with Crippen molar-refractivity contribution in [3.05, 3.63) is 41.0 Å². The smallest absolute Gasteiger partial charge is 0.264 e. The average molecular weight is 317 g/mol. The summed E-state index contributed by atoms with van der Waals surface area (Å²) in [6.07, 6.45) is 1.34. The molecule has 0 saturated heterocycles. The van der Waals surface area contributed by atoms with Crippen LogP contribution in [0.15, 0.2) is 35.4 Å². The first-order chi connectivity index (χ1) is 8.92. The third-order valence-corrected chi connectivity index (χ3v) is 4.34. The molecule has 0 radical (unpaired) electrons. The molecule has 0 fully saturated rings. The first-order valence-electron chi connectivity index (χ1n) is 5.02. The number of rotatable bonds is 4. The molecule has 100 valence electrons.